The third-order valence-corrected chi connectivity index (χ3v) is 10.2. The van der Waals surface area contributed by atoms with Crippen molar-refractivity contribution in [2.24, 2.45) is 11.3 Å². The van der Waals surface area contributed by atoms with Crippen molar-refractivity contribution in [3.8, 4) is 12.1 Å². The van der Waals surface area contributed by atoms with E-state index in [9.17, 15) is 10.5 Å². The summed E-state index contributed by atoms with van der Waals surface area (Å²) in [6.07, 6.45) is 23.3. The van der Waals surface area contributed by atoms with E-state index in [4.69, 9.17) is 0 Å². The molecular formula is C32H46N2. The molecule has 4 saturated carbocycles. The van der Waals surface area contributed by atoms with Crippen molar-refractivity contribution >= 4 is 0 Å². The Bertz CT molecular complexity index is 882. The Hall–Kier alpha value is -1.80. The number of nitrogens with zero attached hydrogens (tertiary/aromatic N) is 2. The summed E-state index contributed by atoms with van der Waals surface area (Å²) in [4.78, 5) is 0. The summed E-state index contributed by atoms with van der Waals surface area (Å²) in [6.45, 7) is 4.57. The van der Waals surface area contributed by atoms with Gasteiger partial charge in [0, 0.05) is 0 Å². The average Bonchev–Trinajstić information content (AvgIpc) is 2.89. The van der Waals surface area contributed by atoms with Crippen LogP contribution in [0.1, 0.15) is 158 Å². The van der Waals surface area contributed by atoms with Gasteiger partial charge in [-0.15, -0.1) is 0 Å². The number of rotatable bonds is 10. The lowest BCUT2D eigenvalue weighted by Crippen LogP contribution is -2.44. The Morgan fingerprint density at radius 3 is 1.97 bits per heavy atom. The second kappa shape index (κ2) is 11.3. The van der Waals surface area contributed by atoms with E-state index >= 15 is 0 Å². The first-order valence-corrected chi connectivity index (χ1v) is 14.6. The molecule has 2 bridgehead atoms. The van der Waals surface area contributed by atoms with Gasteiger partial charge in [0.25, 0.3) is 0 Å². The third kappa shape index (κ3) is 5.08. The van der Waals surface area contributed by atoms with Gasteiger partial charge in [-0.25, -0.2) is 0 Å². The predicted molar refractivity (Wildman–Crippen MR) is 141 cm³/mol. The van der Waals surface area contributed by atoms with E-state index in [1.165, 1.54) is 127 Å². The lowest BCUT2D eigenvalue weighted by atomic mass is 9.50. The first-order chi connectivity index (χ1) is 16.6. The second-order valence-corrected chi connectivity index (χ2v) is 12.1. The van der Waals surface area contributed by atoms with Gasteiger partial charge in [0.1, 0.15) is 12.1 Å². The first-order valence-electron chi connectivity index (χ1n) is 14.6. The minimum Gasteiger partial charge on any atom is -0.192 e. The molecule has 0 atom stereocenters. The van der Waals surface area contributed by atoms with Crippen molar-refractivity contribution in [1.29, 1.82) is 10.5 Å². The SMILES string of the molecule is CCCCCC1CCC(c2ccc(C34CCC(CCCCC)(CC3)CC4)c(C#N)c2C#N)CC1. The largest absolute Gasteiger partial charge is 0.192 e. The molecule has 1 aromatic rings. The van der Waals surface area contributed by atoms with Crippen molar-refractivity contribution in [2.75, 3.05) is 0 Å². The molecule has 4 aliphatic rings. The van der Waals surface area contributed by atoms with Crippen molar-refractivity contribution < 1.29 is 0 Å². The molecule has 0 radical (unpaired) electrons. The molecule has 0 aromatic heterocycles. The molecule has 0 unspecified atom stereocenters. The van der Waals surface area contributed by atoms with E-state index < -0.39 is 0 Å². The summed E-state index contributed by atoms with van der Waals surface area (Å²) >= 11 is 0. The van der Waals surface area contributed by atoms with Gasteiger partial charge in [0.05, 0.1) is 11.1 Å². The van der Waals surface area contributed by atoms with Crippen molar-refractivity contribution in [3.63, 3.8) is 0 Å². The maximum absolute atomic E-state index is 10.3. The van der Waals surface area contributed by atoms with Gasteiger partial charge >= 0.3 is 0 Å². The lowest BCUT2D eigenvalue weighted by Gasteiger charge is -2.54. The summed E-state index contributed by atoms with van der Waals surface area (Å²) < 4.78 is 0. The van der Waals surface area contributed by atoms with Crippen molar-refractivity contribution in [3.05, 3.63) is 34.4 Å². The van der Waals surface area contributed by atoms with Crippen LogP contribution in [0.3, 0.4) is 0 Å². The van der Waals surface area contributed by atoms with Crippen LogP contribution in [0.2, 0.25) is 0 Å². The summed E-state index contributed by atoms with van der Waals surface area (Å²) in [5, 5.41) is 20.5. The first kappa shape index (κ1) is 25.3. The molecule has 5 rings (SSSR count). The number of fused-ring (bicyclic) bond motifs is 3. The smallest absolute Gasteiger partial charge is 0.101 e. The summed E-state index contributed by atoms with van der Waals surface area (Å²) in [5.74, 6) is 1.32. The van der Waals surface area contributed by atoms with Crippen LogP contribution < -0.4 is 0 Å². The Labute approximate surface area is 209 Å². The molecule has 34 heavy (non-hydrogen) atoms. The maximum atomic E-state index is 10.3. The average molecular weight is 459 g/mol. The normalized spacial score (nSPS) is 30.6. The lowest BCUT2D eigenvalue weighted by molar-refractivity contribution is 0.0304. The molecule has 0 saturated heterocycles. The minimum atomic E-state index is 0.138. The third-order valence-electron chi connectivity index (χ3n) is 10.2. The highest BCUT2D eigenvalue weighted by molar-refractivity contribution is 5.58. The molecule has 0 spiro atoms. The number of hydrogen-bond acceptors (Lipinski definition) is 2. The van der Waals surface area contributed by atoms with E-state index in [0.717, 1.165) is 11.5 Å². The molecule has 2 heteroatoms. The molecule has 1 aromatic carbocycles. The quantitative estimate of drug-likeness (QED) is 0.328. The molecule has 0 heterocycles. The van der Waals surface area contributed by atoms with Gasteiger partial charge < -0.3 is 0 Å². The molecule has 2 nitrogen and oxygen atoms in total. The van der Waals surface area contributed by atoms with Crippen LogP contribution in [0.5, 0.6) is 0 Å². The van der Waals surface area contributed by atoms with Crippen LogP contribution in [0.25, 0.3) is 0 Å². The highest BCUT2D eigenvalue weighted by Crippen LogP contribution is 2.60. The van der Waals surface area contributed by atoms with Crippen LogP contribution in [-0.4, -0.2) is 0 Å². The standard InChI is InChI=1S/C32H46N2/c1-3-5-7-9-25-10-12-26(13-11-25)27-14-15-30(29(24-34)28(27)23-33)32-20-17-31(18-21-32,19-22-32)16-8-6-4-2/h14-15,25-26H,3-13,16-22H2,1-2H3. The molecule has 0 amide bonds. The summed E-state index contributed by atoms with van der Waals surface area (Å²) in [5.41, 5.74) is 4.53. The minimum absolute atomic E-state index is 0.138. The number of nitriles is 2. The van der Waals surface area contributed by atoms with Crippen molar-refractivity contribution in [1.82, 2.24) is 0 Å². The fourth-order valence-corrected chi connectivity index (χ4v) is 7.87. The van der Waals surface area contributed by atoms with E-state index in [0.29, 0.717) is 16.9 Å². The fourth-order valence-electron chi connectivity index (χ4n) is 7.87. The van der Waals surface area contributed by atoms with Crippen LogP contribution in [0, 0.1) is 34.0 Å². The molecule has 0 aliphatic heterocycles. The van der Waals surface area contributed by atoms with E-state index in [1.54, 1.807) is 0 Å². The number of hydrogen-bond donors (Lipinski definition) is 0. The van der Waals surface area contributed by atoms with Gasteiger partial charge in [-0.05, 0) is 104 Å². The van der Waals surface area contributed by atoms with E-state index in [-0.39, 0.29) is 5.41 Å². The van der Waals surface area contributed by atoms with Crippen LogP contribution >= 0.6 is 0 Å². The topological polar surface area (TPSA) is 47.6 Å². The van der Waals surface area contributed by atoms with Crippen LogP contribution in [-0.2, 0) is 5.41 Å². The second-order valence-electron chi connectivity index (χ2n) is 12.1. The van der Waals surface area contributed by atoms with Gasteiger partial charge in [-0.1, -0.05) is 70.9 Å². The van der Waals surface area contributed by atoms with Gasteiger partial charge in [-0.2, -0.15) is 10.5 Å². The summed E-state index contributed by atoms with van der Waals surface area (Å²) in [6, 6.07) is 9.62. The molecule has 0 N–H and O–H groups in total. The Morgan fingerprint density at radius 1 is 0.765 bits per heavy atom. The molecule has 4 fully saturated rings. The zero-order chi connectivity index (χ0) is 24.0. The highest BCUT2D eigenvalue weighted by Gasteiger charge is 2.49. The Balaban J connectivity index is 1.49. The maximum Gasteiger partial charge on any atom is 0.101 e. The number of benzene rings is 1. The fraction of sp³-hybridized carbons (Fsp3) is 0.750. The van der Waals surface area contributed by atoms with Gasteiger partial charge in [-0.3, -0.25) is 0 Å². The molecule has 4 aliphatic carbocycles. The Kier molecular flexibility index (Phi) is 8.40. The van der Waals surface area contributed by atoms with E-state index in [1.807, 2.05) is 0 Å². The van der Waals surface area contributed by atoms with Gasteiger partial charge in [0.2, 0.25) is 0 Å². The number of unbranched alkanes of at least 4 members (excludes halogenated alkanes) is 4. The molecule has 184 valence electrons. The predicted octanol–water partition coefficient (Wildman–Crippen LogP) is 9.46. The van der Waals surface area contributed by atoms with Gasteiger partial charge in [0.15, 0.2) is 0 Å². The van der Waals surface area contributed by atoms with Crippen LogP contribution in [0.15, 0.2) is 12.1 Å². The van der Waals surface area contributed by atoms with Crippen LogP contribution in [0.4, 0.5) is 0 Å². The highest BCUT2D eigenvalue weighted by atomic mass is 14.5. The summed E-state index contributed by atoms with van der Waals surface area (Å²) in [7, 11) is 0. The zero-order valence-corrected chi connectivity index (χ0v) is 21.9. The van der Waals surface area contributed by atoms with Crippen molar-refractivity contribution in [2.45, 2.75) is 141 Å². The Morgan fingerprint density at radius 2 is 1.38 bits per heavy atom. The van der Waals surface area contributed by atoms with E-state index in [2.05, 4.69) is 38.1 Å². The zero-order valence-electron chi connectivity index (χ0n) is 21.9. The molecular weight excluding hydrogens is 412 g/mol. The monoisotopic (exact) mass is 458 g/mol.